The molecule has 0 aliphatic carbocycles. The topological polar surface area (TPSA) is 78.4 Å². The first-order chi connectivity index (χ1) is 10.4. The molecular formula is C17H18N2O3. The van der Waals surface area contributed by atoms with Crippen molar-refractivity contribution in [3.8, 4) is 5.75 Å². The van der Waals surface area contributed by atoms with Gasteiger partial charge in [0.2, 0.25) is 0 Å². The molecule has 114 valence electrons. The number of phenols is 1. The number of carbonyl (C=O) groups is 2. The van der Waals surface area contributed by atoms with Crippen molar-refractivity contribution in [1.29, 1.82) is 0 Å². The standard InChI is InChI=1S/C17H18N2O3/c1-10-7-11(2)15(12(3)8-10)19-17(22)16(21)18-13-5-4-6-14(20)9-13/h4-9,20H,1-3H3,(H,18,21)(H,19,22). The lowest BCUT2D eigenvalue weighted by atomic mass is 10.1. The molecule has 0 heterocycles. The van der Waals surface area contributed by atoms with Gasteiger partial charge in [-0.3, -0.25) is 9.59 Å². The quantitative estimate of drug-likeness (QED) is 0.746. The van der Waals surface area contributed by atoms with E-state index in [0.717, 1.165) is 16.7 Å². The fourth-order valence-electron chi connectivity index (χ4n) is 2.32. The Kier molecular flexibility index (Phi) is 4.46. The van der Waals surface area contributed by atoms with Gasteiger partial charge in [0.05, 0.1) is 0 Å². The number of rotatable bonds is 2. The molecule has 2 aromatic rings. The second-order valence-electron chi connectivity index (χ2n) is 5.23. The molecule has 5 heteroatoms. The first-order valence-electron chi connectivity index (χ1n) is 6.86. The van der Waals surface area contributed by atoms with Crippen molar-refractivity contribution in [2.24, 2.45) is 0 Å². The molecule has 5 nitrogen and oxygen atoms in total. The third-order valence-electron chi connectivity index (χ3n) is 3.23. The zero-order chi connectivity index (χ0) is 16.3. The van der Waals surface area contributed by atoms with Crippen molar-refractivity contribution in [2.75, 3.05) is 10.6 Å². The highest BCUT2D eigenvalue weighted by atomic mass is 16.3. The Morgan fingerprint density at radius 3 is 2.09 bits per heavy atom. The minimum absolute atomic E-state index is 0.0171. The Balaban J connectivity index is 2.11. The normalized spacial score (nSPS) is 10.1. The Labute approximate surface area is 129 Å². The van der Waals surface area contributed by atoms with Gasteiger partial charge in [-0.1, -0.05) is 23.8 Å². The highest BCUT2D eigenvalue weighted by molar-refractivity contribution is 6.43. The summed E-state index contributed by atoms with van der Waals surface area (Å²) < 4.78 is 0. The van der Waals surface area contributed by atoms with E-state index in [2.05, 4.69) is 10.6 Å². The maximum Gasteiger partial charge on any atom is 0.314 e. The van der Waals surface area contributed by atoms with E-state index in [9.17, 15) is 14.7 Å². The van der Waals surface area contributed by atoms with Crippen LogP contribution in [-0.4, -0.2) is 16.9 Å². The summed E-state index contributed by atoms with van der Waals surface area (Å²) in [5.74, 6) is -1.52. The van der Waals surface area contributed by atoms with Gasteiger partial charge >= 0.3 is 11.8 Å². The van der Waals surface area contributed by atoms with Gasteiger partial charge in [-0.25, -0.2) is 0 Å². The Hall–Kier alpha value is -2.82. The van der Waals surface area contributed by atoms with E-state index in [0.29, 0.717) is 11.4 Å². The van der Waals surface area contributed by atoms with Crippen molar-refractivity contribution in [1.82, 2.24) is 0 Å². The summed E-state index contributed by atoms with van der Waals surface area (Å²) in [4.78, 5) is 23.9. The van der Waals surface area contributed by atoms with Gasteiger partial charge in [0.15, 0.2) is 0 Å². The lowest BCUT2D eigenvalue weighted by Gasteiger charge is -2.12. The van der Waals surface area contributed by atoms with Gasteiger partial charge in [0.25, 0.3) is 0 Å². The average molecular weight is 298 g/mol. The molecular weight excluding hydrogens is 280 g/mol. The van der Waals surface area contributed by atoms with E-state index in [1.807, 2.05) is 32.9 Å². The fraction of sp³-hybridized carbons (Fsp3) is 0.176. The van der Waals surface area contributed by atoms with Gasteiger partial charge < -0.3 is 15.7 Å². The summed E-state index contributed by atoms with van der Waals surface area (Å²) in [5.41, 5.74) is 3.89. The van der Waals surface area contributed by atoms with Crippen molar-refractivity contribution in [3.05, 3.63) is 53.1 Å². The molecule has 0 atom stereocenters. The van der Waals surface area contributed by atoms with E-state index in [1.54, 1.807) is 12.1 Å². The molecule has 3 N–H and O–H groups in total. The van der Waals surface area contributed by atoms with Gasteiger partial charge in [0, 0.05) is 17.4 Å². The smallest absolute Gasteiger partial charge is 0.314 e. The maximum absolute atomic E-state index is 12.0. The van der Waals surface area contributed by atoms with Gasteiger partial charge in [-0.15, -0.1) is 0 Å². The van der Waals surface area contributed by atoms with E-state index in [-0.39, 0.29) is 5.75 Å². The molecule has 0 aliphatic heterocycles. The molecule has 0 spiro atoms. The van der Waals surface area contributed by atoms with E-state index in [1.165, 1.54) is 12.1 Å². The van der Waals surface area contributed by atoms with Crippen LogP contribution in [0.5, 0.6) is 5.75 Å². The van der Waals surface area contributed by atoms with Crippen LogP contribution in [0.3, 0.4) is 0 Å². The number of hydrogen-bond acceptors (Lipinski definition) is 3. The number of benzene rings is 2. The first-order valence-corrected chi connectivity index (χ1v) is 6.86. The van der Waals surface area contributed by atoms with Gasteiger partial charge in [-0.2, -0.15) is 0 Å². The maximum atomic E-state index is 12.0. The molecule has 2 rings (SSSR count). The van der Waals surface area contributed by atoms with Crippen molar-refractivity contribution < 1.29 is 14.7 Å². The molecule has 0 saturated carbocycles. The van der Waals surface area contributed by atoms with Crippen LogP contribution in [-0.2, 0) is 9.59 Å². The number of amides is 2. The molecule has 0 saturated heterocycles. The minimum atomic E-state index is -0.787. The Morgan fingerprint density at radius 1 is 0.909 bits per heavy atom. The Bertz CT molecular complexity index is 715. The molecule has 0 unspecified atom stereocenters. The summed E-state index contributed by atoms with van der Waals surface area (Å²) in [6, 6.07) is 9.90. The summed E-state index contributed by atoms with van der Waals surface area (Å²) in [6.45, 7) is 5.73. The number of anilines is 2. The van der Waals surface area contributed by atoms with Crippen LogP contribution in [0.25, 0.3) is 0 Å². The van der Waals surface area contributed by atoms with Crippen LogP contribution in [0.1, 0.15) is 16.7 Å². The van der Waals surface area contributed by atoms with Crippen molar-refractivity contribution in [3.63, 3.8) is 0 Å². The molecule has 2 aromatic carbocycles. The SMILES string of the molecule is Cc1cc(C)c(NC(=O)C(=O)Nc2cccc(O)c2)c(C)c1. The number of hydrogen-bond donors (Lipinski definition) is 3. The van der Waals surface area contributed by atoms with Gasteiger partial charge in [-0.05, 0) is 44.0 Å². The molecule has 0 fully saturated rings. The predicted octanol–water partition coefficient (Wildman–Crippen LogP) is 2.89. The van der Waals surface area contributed by atoms with Crippen LogP contribution >= 0.6 is 0 Å². The van der Waals surface area contributed by atoms with E-state index < -0.39 is 11.8 Å². The fourth-order valence-corrected chi connectivity index (χ4v) is 2.32. The predicted molar refractivity (Wildman–Crippen MR) is 86.0 cm³/mol. The van der Waals surface area contributed by atoms with E-state index >= 15 is 0 Å². The number of aromatic hydroxyl groups is 1. The zero-order valence-corrected chi connectivity index (χ0v) is 12.7. The number of nitrogens with one attached hydrogen (secondary N) is 2. The molecule has 2 amide bonds. The minimum Gasteiger partial charge on any atom is -0.508 e. The second-order valence-corrected chi connectivity index (χ2v) is 5.23. The summed E-state index contributed by atoms with van der Waals surface area (Å²) in [6.07, 6.45) is 0. The lowest BCUT2D eigenvalue weighted by Crippen LogP contribution is -2.29. The zero-order valence-electron chi connectivity index (χ0n) is 12.7. The molecule has 0 aliphatic rings. The van der Waals surface area contributed by atoms with Crippen LogP contribution in [0.4, 0.5) is 11.4 Å². The van der Waals surface area contributed by atoms with E-state index in [4.69, 9.17) is 0 Å². The molecule has 0 bridgehead atoms. The number of phenolic OH excluding ortho intramolecular Hbond substituents is 1. The summed E-state index contributed by atoms with van der Waals surface area (Å²) in [7, 11) is 0. The van der Waals surface area contributed by atoms with Crippen LogP contribution in [0.2, 0.25) is 0 Å². The van der Waals surface area contributed by atoms with Crippen LogP contribution in [0, 0.1) is 20.8 Å². The van der Waals surface area contributed by atoms with Crippen LogP contribution < -0.4 is 10.6 Å². The largest absolute Gasteiger partial charge is 0.508 e. The van der Waals surface area contributed by atoms with Crippen molar-refractivity contribution >= 4 is 23.2 Å². The molecule has 0 aromatic heterocycles. The monoisotopic (exact) mass is 298 g/mol. The number of carbonyl (C=O) groups excluding carboxylic acids is 2. The lowest BCUT2D eigenvalue weighted by molar-refractivity contribution is -0.133. The van der Waals surface area contributed by atoms with Crippen LogP contribution in [0.15, 0.2) is 36.4 Å². The third kappa shape index (κ3) is 3.63. The molecule has 0 radical (unpaired) electrons. The van der Waals surface area contributed by atoms with Crippen molar-refractivity contribution in [2.45, 2.75) is 20.8 Å². The highest BCUT2D eigenvalue weighted by Gasteiger charge is 2.16. The summed E-state index contributed by atoms with van der Waals surface area (Å²) >= 11 is 0. The van der Waals surface area contributed by atoms with Gasteiger partial charge in [0.1, 0.15) is 5.75 Å². The number of aryl methyl sites for hydroxylation is 3. The highest BCUT2D eigenvalue weighted by Crippen LogP contribution is 2.22. The first kappa shape index (κ1) is 15.6. The second kappa shape index (κ2) is 6.30. The third-order valence-corrected chi connectivity index (χ3v) is 3.23. The Morgan fingerprint density at radius 2 is 1.50 bits per heavy atom. The average Bonchev–Trinajstić information content (AvgIpc) is 2.42. The summed E-state index contributed by atoms with van der Waals surface area (Å²) in [5, 5.41) is 14.4. The molecule has 22 heavy (non-hydrogen) atoms.